The Kier molecular flexibility index (Phi) is 6.16. The van der Waals surface area contributed by atoms with E-state index < -0.39 is 10.0 Å². The second-order valence-corrected chi connectivity index (χ2v) is 8.28. The lowest BCUT2D eigenvalue weighted by Gasteiger charge is -2.17. The van der Waals surface area contributed by atoms with Crippen LogP contribution in [0.5, 0.6) is 0 Å². The van der Waals surface area contributed by atoms with Gasteiger partial charge in [0.05, 0.1) is 4.90 Å². The molecule has 6 heteroatoms. The third-order valence-corrected chi connectivity index (χ3v) is 6.00. The van der Waals surface area contributed by atoms with E-state index in [-0.39, 0.29) is 0 Å². The Morgan fingerprint density at radius 1 is 0.962 bits per heavy atom. The molecule has 3 rings (SSSR count). The zero-order valence-electron chi connectivity index (χ0n) is 15.1. The summed E-state index contributed by atoms with van der Waals surface area (Å²) in [4.78, 5) is 0.333. The molecule has 1 aliphatic rings. The van der Waals surface area contributed by atoms with Crippen molar-refractivity contribution < 1.29 is 13.2 Å². The number of fused-ring (bicyclic) bond motifs is 1. The zero-order valence-corrected chi connectivity index (χ0v) is 15.9. The van der Waals surface area contributed by atoms with E-state index >= 15 is 0 Å². The van der Waals surface area contributed by atoms with Gasteiger partial charge < -0.3 is 10.1 Å². The predicted octanol–water partition coefficient (Wildman–Crippen LogP) is 3.81. The molecule has 0 amide bonds. The van der Waals surface area contributed by atoms with Crippen LogP contribution in [0.4, 0.5) is 11.4 Å². The van der Waals surface area contributed by atoms with Crippen molar-refractivity contribution in [2.75, 3.05) is 30.3 Å². The van der Waals surface area contributed by atoms with Gasteiger partial charge in [-0.2, -0.15) is 0 Å². The van der Waals surface area contributed by atoms with Crippen molar-refractivity contribution in [1.82, 2.24) is 0 Å². The maximum atomic E-state index is 12.7. The molecular formula is C20H26N2O3S. The second-order valence-electron chi connectivity index (χ2n) is 6.59. The number of methoxy groups -OCH3 is 1. The average molecular weight is 375 g/mol. The van der Waals surface area contributed by atoms with Crippen molar-refractivity contribution in [1.29, 1.82) is 0 Å². The highest BCUT2D eigenvalue weighted by molar-refractivity contribution is 7.92. The third kappa shape index (κ3) is 4.77. The lowest BCUT2D eigenvalue weighted by atomic mass is 9.92. The molecule has 0 spiro atoms. The van der Waals surface area contributed by atoms with Crippen molar-refractivity contribution in [2.24, 2.45) is 0 Å². The van der Waals surface area contributed by atoms with E-state index in [4.69, 9.17) is 4.74 Å². The fourth-order valence-corrected chi connectivity index (χ4v) is 4.31. The molecule has 2 N–H and O–H groups in total. The molecule has 0 fully saturated rings. The first-order valence-electron chi connectivity index (χ1n) is 9.06. The van der Waals surface area contributed by atoms with Crippen molar-refractivity contribution in [2.45, 2.75) is 37.0 Å². The first-order valence-corrected chi connectivity index (χ1v) is 10.5. The van der Waals surface area contributed by atoms with Crippen molar-refractivity contribution in [3.63, 3.8) is 0 Å². The number of nitrogens with one attached hydrogen (secondary N) is 2. The van der Waals surface area contributed by atoms with E-state index in [1.807, 2.05) is 24.3 Å². The van der Waals surface area contributed by atoms with E-state index in [9.17, 15) is 8.42 Å². The molecule has 0 saturated heterocycles. The first kappa shape index (κ1) is 18.7. The monoisotopic (exact) mass is 374 g/mol. The minimum Gasteiger partial charge on any atom is -0.385 e. The largest absolute Gasteiger partial charge is 0.385 e. The predicted molar refractivity (Wildman–Crippen MR) is 105 cm³/mol. The topological polar surface area (TPSA) is 67.4 Å². The van der Waals surface area contributed by atoms with Crippen molar-refractivity contribution in [3.8, 4) is 0 Å². The van der Waals surface area contributed by atoms with Gasteiger partial charge in [0, 0.05) is 31.6 Å². The standard InChI is InChI=1S/C20H26N2O3S/c1-25-14-4-13-21-18-8-10-19(11-9-18)22-26(23,24)20-12-7-16-5-2-3-6-17(16)15-20/h7-12,15,21-22H,2-6,13-14H2,1H3. The van der Waals surface area contributed by atoms with Crippen LogP contribution in [0.15, 0.2) is 47.4 Å². The molecule has 0 saturated carbocycles. The highest BCUT2D eigenvalue weighted by Crippen LogP contribution is 2.25. The van der Waals surface area contributed by atoms with Crippen LogP contribution in [0.25, 0.3) is 0 Å². The van der Waals surface area contributed by atoms with E-state index in [1.54, 1.807) is 25.3 Å². The van der Waals surface area contributed by atoms with Gasteiger partial charge >= 0.3 is 0 Å². The minimum atomic E-state index is -3.57. The van der Waals surface area contributed by atoms with Gasteiger partial charge in [0.2, 0.25) is 0 Å². The maximum Gasteiger partial charge on any atom is 0.261 e. The summed E-state index contributed by atoms with van der Waals surface area (Å²) < 4.78 is 33.0. The summed E-state index contributed by atoms with van der Waals surface area (Å²) in [7, 11) is -1.89. The Morgan fingerprint density at radius 2 is 1.65 bits per heavy atom. The SMILES string of the molecule is COCCCNc1ccc(NS(=O)(=O)c2ccc3c(c2)CCCC3)cc1. The van der Waals surface area contributed by atoms with Crippen LogP contribution < -0.4 is 10.0 Å². The number of rotatable bonds is 8. The molecule has 0 bridgehead atoms. The summed E-state index contributed by atoms with van der Waals surface area (Å²) in [6.45, 7) is 1.53. The van der Waals surface area contributed by atoms with Crippen molar-refractivity contribution >= 4 is 21.4 Å². The van der Waals surface area contributed by atoms with Crippen molar-refractivity contribution in [3.05, 3.63) is 53.6 Å². The lowest BCUT2D eigenvalue weighted by molar-refractivity contribution is 0.198. The average Bonchev–Trinajstić information content (AvgIpc) is 2.66. The number of hydrogen-bond donors (Lipinski definition) is 2. The van der Waals surface area contributed by atoms with Gasteiger partial charge in [0.15, 0.2) is 0 Å². The molecule has 0 radical (unpaired) electrons. The van der Waals surface area contributed by atoms with Crippen LogP contribution in [0.3, 0.4) is 0 Å². The van der Waals surface area contributed by atoms with Crippen LogP contribution in [0, 0.1) is 0 Å². The molecule has 0 atom stereocenters. The Bertz CT molecular complexity index is 833. The van der Waals surface area contributed by atoms with E-state index in [0.29, 0.717) is 17.2 Å². The third-order valence-electron chi connectivity index (χ3n) is 4.62. The number of aryl methyl sites for hydroxylation is 2. The summed E-state index contributed by atoms with van der Waals surface area (Å²) >= 11 is 0. The van der Waals surface area contributed by atoms with Crippen LogP contribution in [-0.2, 0) is 27.6 Å². The number of benzene rings is 2. The summed E-state index contributed by atoms with van der Waals surface area (Å²) in [5, 5.41) is 3.28. The molecule has 1 aliphatic carbocycles. The molecule has 2 aromatic rings. The fourth-order valence-electron chi connectivity index (χ4n) is 3.20. The van der Waals surface area contributed by atoms with Crippen LogP contribution >= 0.6 is 0 Å². The molecule has 2 aromatic carbocycles. The normalized spacial score (nSPS) is 13.9. The van der Waals surface area contributed by atoms with Gasteiger partial charge in [-0.15, -0.1) is 0 Å². The number of ether oxygens (including phenoxy) is 1. The van der Waals surface area contributed by atoms with Gasteiger partial charge in [-0.1, -0.05) is 6.07 Å². The Balaban J connectivity index is 1.65. The Hall–Kier alpha value is -2.05. The van der Waals surface area contributed by atoms with Crippen LogP contribution in [0.2, 0.25) is 0 Å². The van der Waals surface area contributed by atoms with Crippen LogP contribution in [-0.4, -0.2) is 28.7 Å². The quantitative estimate of drug-likeness (QED) is 0.690. The van der Waals surface area contributed by atoms with Gasteiger partial charge in [-0.05, 0) is 79.6 Å². The molecule has 26 heavy (non-hydrogen) atoms. The minimum absolute atomic E-state index is 0.333. The second kappa shape index (κ2) is 8.56. The summed E-state index contributed by atoms with van der Waals surface area (Å²) in [5.74, 6) is 0. The zero-order chi connectivity index (χ0) is 18.4. The Labute approximate surface area is 155 Å². The number of hydrogen-bond acceptors (Lipinski definition) is 4. The van der Waals surface area contributed by atoms with Gasteiger partial charge in [0.25, 0.3) is 10.0 Å². The molecule has 0 unspecified atom stereocenters. The molecule has 140 valence electrons. The number of sulfonamides is 1. The summed E-state index contributed by atoms with van der Waals surface area (Å²) in [6, 6.07) is 12.8. The summed E-state index contributed by atoms with van der Waals surface area (Å²) in [5.41, 5.74) is 3.96. The highest BCUT2D eigenvalue weighted by atomic mass is 32.2. The maximum absolute atomic E-state index is 12.7. The molecular weight excluding hydrogens is 348 g/mol. The highest BCUT2D eigenvalue weighted by Gasteiger charge is 2.17. The summed E-state index contributed by atoms with van der Waals surface area (Å²) in [6.07, 6.45) is 5.24. The van der Waals surface area contributed by atoms with Gasteiger partial charge in [-0.3, -0.25) is 4.72 Å². The van der Waals surface area contributed by atoms with Gasteiger partial charge in [0.1, 0.15) is 0 Å². The van der Waals surface area contributed by atoms with E-state index in [2.05, 4.69) is 10.0 Å². The number of anilines is 2. The first-order chi connectivity index (χ1) is 12.6. The van der Waals surface area contributed by atoms with Gasteiger partial charge in [-0.25, -0.2) is 8.42 Å². The smallest absolute Gasteiger partial charge is 0.261 e. The fraction of sp³-hybridized carbons (Fsp3) is 0.400. The lowest BCUT2D eigenvalue weighted by Crippen LogP contribution is -2.14. The molecule has 0 aromatic heterocycles. The van der Waals surface area contributed by atoms with E-state index in [0.717, 1.165) is 43.5 Å². The molecule has 5 nitrogen and oxygen atoms in total. The Morgan fingerprint density at radius 3 is 2.38 bits per heavy atom. The molecule has 0 aliphatic heterocycles. The van der Waals surface area contributed by atoms with Crippen LogP contribution in [0.1, 0.15) is 30.4 Å². The molecule has 0 heterocycles. The van der Waals surface area contributed by atoms with E-state index in [1.165, 1.54) is 12.0 Å².